The zero-order valence-corrected chi connectivity index (χ0v) is 11.8. The Hall–Kier alpha value is -1.69. The number of hydrogen-bond donors (Lipinski definition) is 2. The van der Waals surface area contributed by atoms with Gasteiger partial charge >= 0.3 is 0 Å². The first-order chi connectivity index (χ1) is 9.77. The van der Waals surface area contributed by atoms with Gasteiger partial charge in [0.15, 0.2) is 4.96 Å². The number of aliphatic hydroxyl groups excluding tert-OH is 2. The highest BCUT2D eigenvalue weighted by molar-refractivity contribution is 7.15. The molecule has 1 aromatic carbocycles. The molecule has 0 bridgehead atoms. The van der Waals surface area contributed by atoms with Crippen LogP contribution in [0.4, 0.5) is 0 Å². The van der Waals surface area contributed by atoms with Crippen LogP contribution in [0.25, 0.3) is 4.96 Å². The third-order valence-electron chi connectivity index (χ3n) is 3.65. The molecule has 2 heterocycles. The smallest absolute Gasteiger partial charge is 0.193 e. The summed E-state index contributed by atoms with van der Waals surface area (Å²) in [6.07, 6.45) is 4.42. The number of thiazole rings is 1. The molecule has 0 aliphatic heterocycles. The molecule has 0 aliphatic rings. The Bertz CT molecular complexity index is 658. The number of aromatic nitrogens is 2. The summed E-state index contributed by atoms with van der Waals surface area (Å²) in [5, 5.41) is 21.6. The molecule has 5 heteroatoms. The van der Waals surface area contributed by atoms with Crippen molar-refractivity contribution >= 4 is 16.3 Å². The third kappa shape index (κ3) is 2.24. The highest BCUT2D eigenvalue weighted by Crippen LogP contribution is 2.28. The Labute approximate surface area is 121 Å². The fourth-order valence-corrected chi connectivity index (χ4v) is 3.17. The van der Waals surface area contributed by atoms with E-state index in [0.717, 1.165) is 16.2 Å². The molecule has 0 spiro atoms. The van der Waals surface area contributed by atoms with Crippen molar-refractivity contribution in [1.82, 2.24) is 9.38 Å². The Kier molecular flexibility index (Phi) is 3.56. The van der Waals surface area contributed by atoms with Gasteiger partial charge in [0.1, 0.15) is 0 Å². The third-order valence-corrected chi connectivity index (χ3v) is 4.42. The average Bonchev–Trinajstić information content (AvgIpc) is 3.07. The molecule has 3 aromatic rings. The number of hydrogen-bond acceptors (Lipinski definition) is 4. The zero-order valence-electron chi connectivity index (χ0n) is 10.9. The van der Waals surface area contributed by atoms with E-state index in [4.69, 9.17) is 0 Å². The lowest BCUT2D eigenvalue weighted by Crippen LogP contribution is -2.37. The van der Waals surface area contributed by atoms with E-state index in [1.54, 1.807) is 11.3 Å². The van der Waals surface area contributed by atoms with Gasteiger partial charge < -0.3 is 10.2 Å². The van der Waals surface area contributed by atoms with E-state index in [1.165, 1.54) is 0 Å². The number of benzene rings is 1. The van der Waals surface area contributed by atoms with E-state index in [2.05, 4.69) is 4.98 Å². The summed E-state index contributed by atoms with van der Waals surface area (Å²) in [4.78, 5) is 5.47. The molecule has 3 rings (SSSR count). The predicted molar refractivity (Wildman–Crippen MR) is 79.1 cm³/mol. The Morgan fingerprint density at radius 2 is 1.90 bits per heavy atom. The van der Waals surface area contributed by atoms with Crippen LogP contribution in [-0.4, -0.2) is 32.8 Å². The molecule has 0 aliphatic carbocycles. The van der Waals surface area contributed by atoms with E-state index in [-0.39, 0.29) is 13.2 Å². The van der Waals surface area contributed by atoms with Crippen LogP contribution >= 0.6 is 11.3 Å². The minimum Gasteiger partial charge on any atom is -0.395 e. The summed E-state index contributed by atoms with van der Waals surface area (Å²) >= 11 is 1.57. The topological polar surface area (TPSA) is 57.8 Å². The van der Waals surface area contributed by atoms with Gasteiger partial charge in [-0.25, -0.2) is 4.98 Å². The van der Waals surface area contributed by atoms with Crippen molar-refractivity contribution in [2.24, 2.45) is 0 Å². The van der Waals surface area contributed by atoms with Gasteiger partial charge in [0.2, 0.25) is 0 Å². The highest BCUT2D eigenvalue weighted by atomic mass is 32.1. The summed E-state index contributed by atoms with van der Waals surface area (Å²) in [6, 6.07) is 9.63. The van der Waals surface area contributed by atoms with Gasteiger partial charge in [-0.1, -0.05) is 30.3 Å². The first-order valence-electron chi connectivity index (χ1n) is 6.46. The first-order valence-corrected chi connectivity index (χ1v) is 7.34. The number of nitrogens with zero attached hydrogens (tertiary/aromatic N) is 2. The van der Waals surface area contributed by atoms with Crippen LogP contribution in [0.3, 0.4) is 0 Å². The molecule has 2 N–H and O–H groups in total. The van der Waals surface area contributed by atoms with Crippen molar-refractivity contribution in [3.05, 3.63) is 59.4 Å². The van der Waals surface area contributed by atoms with Crippen molar-refractivity contribution in [3.63, 3.8) is 0 Å². The molecule has 104 valence electrons. The molecule has 0 saturated carbocycles. The Balaban J connectivity index is 1.96. The van der Waals surface area contributed by atoms with Crippen LogP contribution in [0.1, 0.15) is 11.3 Å². The number of rotatable bonds is 5. The maximum Gasteiger partial charge on any atom is 0.193 e. The molecule has 0 fully saturated rings. The SMILES string of the molecule is OCC(CO)(Cc1cn2ccsc2n1)c1ccccc1. The quantitative estimate of drug-likeness (QED) is 0.753. The molecule has 0 saturated heterocycles. The van der Waals surface area contributed by atoms with Gasteiger partial charge in [-0.05, 0) is 5.56 Å². The molecule has 20 heavy (non-hydrogen) atoms. The van der Waals surface area contributed by atoms with E-state index in [9.17, 15) is 10.2 Å². The molecular weight excluding hydrogens is 272 g/mol. The van der Waals surface area contributed by atoms with Gasteiger partial charge in [-0.15, -0.1) is 11.3 Å². The monoisotopic (exact) mass is 288 g/mol. The second-order valence-electron chi connectivity index (χ2n) is 4.96. The molecule has 2 aromatic heterocycles. The van der Waals surface area contributed by atoms with Gasteiger partial charge in [0, 0.05) is 29.6 Å². The summed E-state index contributed by atoms with van der Waals surface area (Å²) < 4.78 is 1.96. The number of fused-ring (bicyclic) bond motifs is 1. The highest BCUT2D eigenvalue weighted by Gasteiger charge is 2.32. The molecule has 0 amide bonds. The van der Waals surface area contributed by atoms with E-state index >= 15 is 0 Å². The van der Waals surface area contributed by atoms with E-state index in [0.29, 0.717) is 6.42 Å². The Morgan fingerprint density at radius 3 is 2.55 bits per heavy atom. The first kappa shape index (κ1) is 13.3. The summed E-state index contributed by atoms with van der Waals surface area (Å²) in [7, 11) is 0. The van der Waals surface area contributed by atoms with Gasteiger partial charge in [0.05, 0.1) is 18.9 Å². The van der Waals surface area contributed by atoms with Crippen molar-refractivity contribution in [1.29, 1.82) is 0 Å². The standard InChI is InChI=1S/C15H16N2O2S/c18-10-15(11-19,12-4-2-1-3-5-12)8-13-9-17-6-7-20-14(17)16-13/h1-7,9,18-19H,8,10-11H2. The lowest BCUT2D eigenvalue weighted by atomic mass is 9.78. The fourth-order valence-electron chi connectivity index (χ4n) is 2.45. The lowest BCUT2D eigenvalue weighted by molar-refractivity contribution is 0.115. The van der Waals surface area contributed by atoms with E-state index < -0.39 is 5.41 Å². The van der Waals surface area contributed by atoms with Gasteiger partial charge in [0.25, 0.3) is 0 Å². The second-order valence-corrected chi connectivity index (χ2v) is 5.84. The summed E-state index contributed by atoms with van der Waals surface area (Å²) in [5.74, 6) is 0. The van der Waals surface area contributed by atoms with Gasteiger partial charge in [-0.3, -0.25) is 4.40 Å². The molecule has 0 atom stereocenters. The minimum atomic E-state index is -0.689. The summed E-state index contributed by atoms with van der Waals surface area (Å²) in [6.45, 7) is -0.225. The largest absolute Gasteiger partial charge is 0.395 e. The van der Waals surface area contributed by atoms with Crippen molar-refractivity contribution in [3.8, 4) is 0 Å². The van der Waals surface area contributed by atoms with Crippen LogP contribution in [0.2, 0.25) is 0 Å². The Morgan fingerprint density at radius 1 is 1.15 bits per heavy atom. The van der Waals surface area contributed by atoms with E-state index in [1.807, 2.05) is 52.5 Å². The van der Waals surface area contributed by atoms with Crippen molar-refractivity contribution in [2.45, 2.75) is 11.8 Å². The minimum absolute atomic E-state index is 0.112. The molecule has 4 nitrogen and oxygen atoms in total. The normalized spacial score (nSPS) is 12.1. The average molecular weight is 288 g/mol. The molecule has 0 radical (unpaired) electrons. The maximum absolute atomic E-state index is 9.82. The summed E-state index contributed by atoms with van der Waals surface area (Å²) in [5.41, 5.74) is 1.12. The van der Waals surface area contributed by atoms with Crippen molar-refractivity contribution < 1.29 is 10.2 Å². The maximum atomic E-state index is 9.82. The van der Waals surface area contributed by atoms with Crippen LogP contribution in [0.15, 0.2) is 48.1 Å². The van der Waals surface area contributed by atoms with Crippen LogP contribution in [-0.2, 0) is 11.8 Å². The number of imidazole rings is 1. The van der Waals surface area contributed by atoms with Crippen LogP contribution in [0, 0.1) is 0 Å². The lowest BCUT2D eigenvalue weighted by Gasteiger charge is -2.29. The molecule has 0 unspecified atom stereocenters. The number of aliphatic hydroxyl groups is 2. The van der Waals surface area contributed by atoms with Gasteiger partial charge in [-0.2, -0.15) is 0 Å². The van der Waals surface area contributed by atoms with Crippen LogP contribution < -0.4 is 0 Å². The van der Waals surface area contributed by atoms with Crippen LogP contribution in [0.5, 0.6) is 0 Å². The fraction of sp³-hybridized carbons (Fsp3) is 0.267. The second kappa shape index (κ2) is 5.36. The zero-order chi connectivity index (χ0) is 14.0. The predicted octanol–water partition coefficient (Wildman–Crippen LogP) is 1.86. The molecular formula is C15H16N2O2S. The van der Waals surface area contributed by atoms with Crippen molar-refractivity contribution in [2.75, 3.05) is 13.2 Å².